The first kappa shape index (κ1) is 20.1. The zero-order valence-corrected chi connectivity index (χ0v) is 15.3. The largest absolute Gasteiger partial charge is 0.480 e. The molecular formula is C19H19ClF3NO2. The predicted molar refractivity (Wildman–Crippen MR) is 95.7 cm³/mol. The highest BCUT2D eigenvalue weighted by atomic mass is 35.5. The summed E-state index contributed by atoms with van der Waals surface area (Å²) < 4.78 is 45.2. The van der Waals surface area contributed by atoms with E-state index in [1.807, 2.05) is 19.9 Å². The van der Waals surface area contributed by atoms with Crippen molar-refractivity contribution in [1.29, 1.82) is 0 Å². The lowest BCUT2D eigenvalue weighted by Crippen LogP contribution is -2.33. The van der Waals surface area contributed by atoms with Gasteiger partial charge in [-0.1, -0.05) is 30.7 Å². The van der Waals surface area contributed by atoms with Crippen LogP contribution in [0.1, 0.15) is 30.0 Å². The molecule has 1 amide bonds. The van der Waals surface area contributed by atoms with Gasteiger partial charge in [-0.05, 0) is 55.7 Å². The number of halogens is 4. The molecule has 0 heterocycles. The van der Waals surface area contributed by atoms with E-state index in [0.29, 0.717) is 12.2 Å². The summed E-state index contributed by atoms with van der Waals surface area (Å²) in [5, 5.41) is 2.25. The standard InChI is InChI=1S/C19H19ClF3NO2/c1-4-16(26-17-7-5-6-11(2)12(17)3)18(25)24-15-9-8-13(20)10-14(15)19(21,22)23/h5-10,16H,4H2,1-3H3,(H,24,25)/t16-/m0/s1. The zero-order chi connectivity index (χ0) is 19.5. The minimum Gasteiger partial charge on any atom is -0.480 e. The average Bonchev–Trinajstić information content (AvgIpc) is 2.56. The summed E-state index contributed by atoms with van der Waals surface area (Å²) in [6.07, 6.45) is -5.26. The molecule has 0 spiro atoms. The summed E-state index contributed by atoms with van der Waals surface area (Å²) in [5.41, 5.74) is 0.519. The van der Waals surface area contributed by atoms with E-state index in [1.165, 1.54) is 6.07 Å². The van der Waals surface area contributed by atoms with E-state index >= 15 is 0 Å². The van der Waals surface area contributed by atoms with Crippen LogP contribution in [-0.2, 0) is 11.0 Å². The van der Waals surface area contributed by atoms with Crippen molar-refractivity contribution < 1.29 is 22.7 Å². The molecule has 2 aromatic carbocycles. The molecule has 0 saturated carbocycles. The predicted octanol–water partition coefficient (Wildman–Crippen LogP) is 5.77. The van der Waals surface area contributed by atoms with Gasteiger partial charge in [-0.25, -0.2) is 0 Å². The minimum absolute atomic E-state index is 0.0611. The van der Waals surface area contributed by atoms with Crippen LogP contribution in [0.15, 0.2) is 36.4 Å². The van der Waals surface area contributed by atoms with Gasteiger partial charge in [0.25, 0.3) is 5.91 Å². The third-order valence-corrected chi connectivity index (χ3v) is 4.27. The summed E-state index contributed by atoms with van der Waals surface area (Å²) in [7, 11) is 0. The van der Waals surface area contributed by atoms with Crippen LogP contribution < -0.4 is 10.1 Å². The summed E-state index contributed by atoms with van der Waals surface area (Å²) >= 11 is 5.65. The fraction of sp³-hybridized carbons (Fsp3) is 0.316. The molecule has 26 heavy (non-hydrogen) atoms. The van der Waals surface area contributed by atoms with Crippen molar-refractivity contribution in [2.75, 3.05) is 5.32 Å². The highest BCUT2D eigenvalue weighted by Crippen LogP contribution is 2.36. The van der Waals surface area contributed by atoms with Crippen LogP contribution in [0.25, 0.3) is 0 Å². The first-order valence-electron chi connectivity index (χ1n) is 8.04. The molecule has 0 unspecified atom stereocenters. The Kier molecular flexibility index (Phi) is 6.18. The number of amides is 1. The van der Waals surface area contributed by atoms with Crippen LogP contribution >= 0.6 is 11.6 Å². The van der Waals surface area contributed by atoms with E-state index in [1.54, 1.807) is 19.1 Å². The lowest BCUT2D eigenvalue weighted by molar-refractivity contribution is -0.137. The zero-order valence-electron chi connectivity index (χ0n) is 14.6. The maximum absolute atomic E-state index is 13.2. The molecule has 3 nitrogen and oxygen atoms in total. The molecule has 0 aromatic heterocycles. The van der Waals surface area contributed by atoms with Crippen molar-refractivity contribution in [3.05, 3.63) is 58.1 Å². The number of anilines is 1. The molecule has 0 saturated heterocycles. The van der Waals surface area contributed by atoms with Crippen LogP contribution in [0.5, 0.6) is 5.75 Å². The van der Waals surface area contributed by atoms with E-state index in [2.05, 4.69) is 5.32 Å². The third kappa shape index (κ3) is 4.69. The fourth-order valence-corrected chi connectivity index (χ4v) is 2.57. The molecule has 140 valence electrons. The minimum atomic E-state index is -4.64. The van der Waals surface area contributed by atoms with Crippen molar-refractivity contribution in [3.8, 4) is 5.75 Å². The lowest BCUT2D eigenvalue weighted by Gasteiger charge is -2.21. The van der Waals surface area contributed by atoms with Gasteiger partial charge in [0.05, 0.1) is 11.3 Å². The summed E-state index contributed by atoms with van der Waals surface area (Å²) in [6, 6.07) is 8.63. The maximum Gasteiger partial charge on any atom is 0.418 e. The smallest absolute Gasteiger partial charge is 0.418 e. The summed E-state index contributed by atoms with van der Waals surface area (Å²) in [5.74, 6) is -0.125. The number of hydrogen-bond donors (Lipinski definition) is 1. The third-order valence-electron chi connectivity index (χ3n) is 4.03. The highest BCUT2D eigenvalue weighted by Gasteiger charge is 2.34. The van der Waals surface area contributed by atoms with Crippen LogP contribution in [0, 0.1) is 13.8 Å². The highest BCUT2D eigenvalue weighted by molar-refractivity contribution is 6.30. The number of aryl methyl sites for hydroxylation is 1. The Bertz CT molecular complexity index is 806. The van der Waals surface area contributed by atoms with Crippen molar-refractivity contribution in [2.24, 2.45) is 0 Å². The number of hydrogen-bond acceptors (Lipinski definition) is 2. The molecule has 0 bridgehead atoms. The number of alkyl halides is 3. The first-order valence-corrected chi connectivity index (χ1v) is 8.41. The Morgan fingerprint density at radius 3 is 2.54 bits per heavy atom. The number of carbonyl (C=O) groups is 1. The topological polar surface area (TPSA) is 38.3 Å². The first-order chi connectivity index (χ1) is 12.1. The Labute approximate surface area is 155 Å². The molecule has 2 aromatic rings. The van der Waals surface area contributed by atoms with E-state index in [9.17, 15) is 18.0 Å². The van der Waals surface area contributed by atoms with Gasteiger partial charge in [-0.15, -0.1) is 0 Å². The summed E-state index contributed by atoms with van der Waals surface area (Å²) in [4.78, 5) is 12.5. The molecule has 1 atom stereocenters. The normalized spacial score (nSPS) is 12.6. The Balaban J connectivity index is 2.24. The van der Waals surface area contributed by atoms with E-state index in [0.717, 1.165) is 23.3 Å². The second-order valence-electron chi connectivity index (χ2n) is 5.89. The van der Waals surface area contributed by atoms with Gasteiger partial charge in [-0.3, -0.25) is 4.79 Å². The molecule has 0 aliphatic carbocycles. The second kappa shape index (κ2) is 7.99. The van der Waals surface area contributed by atoms with Crippen molar-refractivity contribution >= 4 is 23.2 Å². The van der Waals surface area contributed by atoms with Crippen LogP contribution in [0.2, 0.25) is 5.02 Å². The quantitative estimate of drug-likeness (QED) is 0.709. The monoisotopic (exact) mass is 385 g/mol. The SMILES string of the molecule is CC[C@H](Oc1cccc(C)c1C)C(=O)Nc1ccc(Cl)cc1C(F)(F)F. The molecule has 0 aliphatic rings. The number of ether oxygens (including phenoxy) is 1. The number of carbonyl (C=O) groups excluding carboxylic acids is 1. The van der Waals surface area contributed by atoms with Crippen LogP contribution in [-0.4, -0.2) is 12.0 Å². The Morgan fingerprint density at radius 1 is 1.23 bits per heavy atom. The van der Waals surface area contributed by atoms with Gasteiger partial charge in [0.15, 0.2) is 6.10 Å². The molecule has 0 aliphatic heterocycles. The van der Waals surface area contributed by atoms with E-state index < -0.39 is 23.8 Å². The average molecular weight is 386 g/mol. The van der Waals surface area contributed by atoms with Crippen molar-refractivity contribution in [1.82, 2.24) is 0 Å². The second-order valence-corrected chi connectivity index (χ2v) is 6.33. The van der Waals surface area contributed by atoms with Crippen molar-refractivity contribution in [2.45, 2.75) is 39.5 Å². The van der Waals surface area contributed by atoms with Gasteiger partial charge >= 0.3 is 6.18 Å². The Morgan fingerprint density at radius 2 is 1.92 bits per heavy atom. The number of benzene rings is 2. The molecular weight excluding hydrogens is 367 g/mol. The fourth-order valence-electron chi connectivity index (χ4n) is 2.40. The molecule has 2 rings (SSSR count). The molecule has 7 heteroatoms. The van der Waals surface area contributed by atoms with Crippen LogP contribution in [0.4, 0.5) is 18.9 Å². The van der Waals surface area contributed by atoms with Gasteiger partial charge in [-0.2, -0.15) is 13.2 Å². The maximum atomic E-state index is 13.2. The number of nitrogens with one attached hydrogen (secondary N) is 1. The Hall–Kier alpha value is -2.21. The molecule has 0 fully saturated rings. The lowest BCUT2D eigenvalue weighted by atomic mass is 10.1. The van der Waals surface area contributed by atoms with Gasteiger partial charge in [0.1, 0.15) is 5.75 Å². The van der Waals surface area contributed by atoms with Crippen LogP contribution in [0.3, 0.4) is 0 Å². The van der Waals surface area contributed by atoms with Gasteiger partial charge in [0.2, 0.25) is 0 Å². The number of rotatable bonds is 5. The van der Waals surface area contributed by atoms with Crippen molar-refractivity contribution in [3.63, 3.8) is 0 Å². The van der Waals surface area contributed by atoms with E-state index in [4.69, 9.17) is 16.3 Å². The van der Waals surface area contributed by atoms with E-state index in [-0.39, 0.29) is 10.7 Å². The molecule has 1 N–H and O–H groups in total. The van der Waals surface area contributed by atoms with Gasteiger partial charge in [0, 0.05) is 5.02 Å². The summed E-state index contributed by atoms with van der Waals surface area (Å²) in [6.45, 7) is 5.49. The molecule has 0 radical (unpaired) electrons. The van der Waals surface area contributed by atoms with Gasteiger partial charge < -0.3 is 10.1 Å².